The van der Waals surface area contributed by atoms with Crippen LogP contribution in [0.25, 0.3) is 0 Å². The van der Waals surface area contributed by atoms with Crippen molar-refractivity contribution < 1.29 is 7.77 Å². The third-order valence-corrected chi connectivity index (χ3v) is 2.63. The summed E-state index contributed by atoms with van der Waals surface area (Å²) in [6.07, 6.45) is 1.18. The van der Waals surface area contributed by atoms with Gasteiger partial charge in [0.05, 0.1) is 16.9 Å². The first-order valence-corrected chi connectivity index (χ1v) is 5.34. The van der Waals surface area contributed by atoms with Gasteiger partial charge in [0.15, 0.2) is 0 Å². The summed E-state index contributed by atoms with van der Waals surface area (Å²) in [5.74, 6) is 0.165. The first-order chi connectivity index (χ1) is 4.88. The van der Waals surface area contributed by atoms with Gasteiger partial charge in [-0.25, -0.2) is 0 Å². The van der Waals surface area contributed by atoms with Crippen LogP contribution in [0.15, 0.2) is 0 Å². The molecular formula is C7H13F2NS. The Hall–Kier alpha value is -0.300. The van der Waals surface area contributed by atoms with Crippen LogP contribution >= 0.6 is 10.8 Å². The van der Waals surface area contributed by atoms with Crippen molar-refractivity contribution in [2.45, 2.75) is 25.5 Å². The van der Waals surface area contributed by atoms with Gasteiger partial charge in [0.1, 0.15) is 5.25 Å². The topological polar surface area (TPSA) is 23.8 Å². The number of hydrogen-bond acceptors (Lipinski definition) is 1. The van der Waals surface area contributed by atoms with Gasteiger partial charge in [-0.15, -0.1) is 0 Å². The third kappa shape index (κ3) is 4.20. The van der Waals surface area contributed by atoms with Gasteiger partial charge in [0.25, 0.3) is 0 Å². The fourth-order valence-corrected chi connectivity index (χ4v) is 1.65. The van der Waals surface area contributed by atoms with Crippen LogP contribution in [0.3, 0.4) is 0 Å². The van der Waals surface area contributed by atoms with E-state index < -0.39 is 16.0 Å². The van der Waals surface area contributed by atoms with Crippen molar-refractivity contribution in [3.8, 4) is 6.07 Å². The van der Waals surface area contributed by atoms with Gasteiger partial charge in [0.2, 0.25) is 0 Å². The highest BCUT2D eigenvalue weighted by atomic mass is 32.3. The minimum absolute atomic E-state index is 0.165. The Kier molecular flexibility index (Phi) is 3.81. The highest BCUT2D eigenvalue weighted by Crippen LogP contribution is 2.53. The van der Waals surface area contributed by atoms with Gasteiger partial charge in [-0.05, 0) is 12.3 Å². The molecule has 0 saturated carbocycles. The van der Waals surface area contributed by atoms with E-state index in [0.29, 0.717) is 6.42 Å². The molecule has 1 nitrogen and oxygen atoms in total. The zero-order chi connectivity index (χ0) is 9.07. The summed E-state index contributed by atoms with van der Waals surface area (Å²) < 4.78 is 25.2. The number of nitrogens with zero attached hydrogens (tertiary/aromatic N) is 1. The van der Waals surface area contributed by atoms with Crippen LogP contribution in [-0.4, -0.2) is 11.5 Å². The molecular weight excluding hydrogens is 168 g/mol. The van der Waals surface area contributed by atoms with E-state index in [4.69, 9.17) is 5.26 Å². The smallest absolute Gasteiger partial charge is 0.129 e. The fourth-order valence-electron chi connectivity index (χ4n) is 0.742. The molecule has 0 bridgehead atoms. The van der Waals surface area contributed by atoms with Gasteiger partial charge in [0, 0.05) is 6.26 Å². The molecule has 66 valence electrons. The second-order valence-electron chi connectivity index (χ2n) is 3.03. The Bertz CT molecular complexity index is 157. The van der Waals surface area contributed by atoms with E-state index in [1.165, 1.54) is 0 Å². The van der Waals surface area contributed by atoms with E-state index in [9.17, 15) is 7.77 Å². The monoisotopic (exact) mass is 181 g/mol. The zero-order valence-corrected chi connectivity index (χ0v) is 7.79. The van der Waals surface area contributed by atoms with Gasteiger partial charge >= 0.3 is 0 Å². The van der Waals surface area contributed by atoms with Crippen molar-refractivity contribution in [2.75, 3.05) is 6.26 Å². The third-order valence-electron chi connectivity index (χ3n) is 1.33. The highest BCUT2D eigenvalue weighted by Gasteiger charge is 2.29. The predicted molar refractivity (Wildman–Crippen MR) is 44.6 cm³/mol. The number of nitriles is 1. The molecule has 0 aromatic rings. The molecule has 0 rings (SSSR count). The van der Waals surface area contributed by atoms with E-state index >= 15 is 0 Å². The summed E-state index contributed by atoms with van der Waals surface area (Å²) >= 11 is 0. The van der Waals surface area contributed by atoms with Crippen LogP contribution in [0.2, 0.25) is 0 Å². The Morgan fingerprint density at radius 2 is 1.91 bits per heavy atom. The summed E-state index contributed by atoms with van der Waals surface area (Å²) in [6.45, 7) is 3.69. The molecule has 0 aromatic heterocycles. The van der Waals surface area contributed by atoms with E-state index in [2.05, 4.69) is 0 Å². The van der Waals surface area contributed by atoms with E-state index in [-0.39, 0.29) is 5.92 Å². The number of rotatable bonds is 3. The van der Waals surface area contributed by atoms with Crippen molar-refractivity contribution in [2.24, 2.45) is 5.92 Å². The second-order valence-corrected chi connectivity index (χ2v) is 5.16. The van der Waals surface area contributed by atoms with Gasteiger partial charge < -0.3 is 0 Å². The highest BCUT2D eigenvalue weighted by molar-refractivity contribution is 8.25. The van der Waals surface area contributed by atoms with Gasteiger partial charge in [-0.1, -0.05) is 13.8 Å². The molecule has 0 amide bonds. The second kappa shape index (κ2) is 3.91. The number of hydrogen-bond donors (Lipinski definition) is 0. The summed E-state index contributed by atoms with van der Waals surface area (Å²) in [7, 11) is -3.67. The Morgan fingerprint density at radius 3 is 2.00 bits per heavy atom. The Labute approximate surface area is 68.3 Å². The lowest BCUT2D eigenvalue weighted by atomic mass is 10.1. The first-order valence-electron chi connectivity index (χ1n) is 3.44. The van der Waals surface area contributed by atoms with E-state index in [0.717, 1.165) is 6.26 Å². The molecule has 0 fully saturated rings. The number of halogens is 2. The van der Waals surface area contributed by atoms with Crippen LogP contribution in [0, 0.1) is 17.2 Å². The standard InChI is InChI=1S/C7H13F2NS/c1-6(2)4-7(5-10)11(3,8)9/h6-7H,4H2,1-3H3. The Morgan fingerprint density at radius 1 is 1.45 bits per heavy atom. The van der Waals surface area contributed by atoms with Crippen molar-refractivity contribution >= 4 is 10.8 Å². The molecule has 0 aromatic carbocycles. The zero-order valence-electron chi connectivity index (χ0n) is 6.97. The summed E-state index contributed by atoms with van der Waals surface area (Å²) in [5.41, 5.74) is 0. The molecule has 0 heterocycles. The van der Waals surface area contributed by atoms with Crippen LogP contribution in [0.1, 0.15) is 20.3 Å². The predicted octanol–water partition coefficient (Wildman–Crippen LogP) is 3.13. The average Bonchev–Trinajstić information content (AvgIpc) is 1.79. The van der Waals surface area contributed by atoms with Crippen LogP contribution in [0.4, 0.5) is 7.77 Å². The molecule has 11 heavy (non-hydrogen) atoms. The van der Waals surface area contributed by atoms with Crippen LogP contribution < -0.4 is 0 Å². The molecule has 0 aliphatic heterocycles. The molecule has 4 heteroatoms. The van der Waals surface area contributed by atoms with E-state index in [1.807, 2.05) is 13.8 Å². The first kappa shape index (κ1) is 10.7. The maximum atomic E-state index is 12.6. The maximum absolute atomic E-state index is 12.6. The Balaban J connectivity index is 4.11. The SMILES string of the molecule is CC(C)CC(C#N)S(C)(F)F. The van der Waals surface area contributed by atoms with E-state index in [1.54, 1.807) is 6.07 Å². The lowest BCUT2D eigenvalue weighted by molar-refractivity contribution is 0.582. The molecule has 0 saturated heterocycles. The molecule has 0 radical (unpaired) electrons. The quantitative estimate of drug-likeness (QED) is 0.656. The maximum Gasteiger partial charge on any atom is 0.129 e. The molecule has 1 unspecified atom stereocenters. The minimum Gasteiger partial charge on any atom is -0.197 e. The van der Waals surface area contributed by atoms with Gasteiger partial charge in [-0.2, -0.15) is 13.0 Å². The van der Waals surface area contributed by atoms with Crippen molar-refractivity contribution in [3.05, 3.63) is 0 Å². The lowest BCUT2D eigenvalue weighted by Crippen LogP contribution is -2.11. The summed E-state index contributed by atoms with van der Waals surface area (Å²) in [4.78, 5) is 0. The van der Waals surface area contributed by atoms with Crippen LogP contribution in [-0.2, 0) is 0 Å². The molecule has 0 N–H and O–H groups in total. The molecule has 0 aliphatic rings. The fraction of sp³-hybridized carbons (Fsp3) is 0.857. The molecule has 0 aliphatic carbocycles. The van der Waals surface area contributed by atoms with Crippen molar-refractivity contribution in [1.29, 1.82) is 5.26 Å². The summed E-state index contributed by atoms with van der Waals surface area (Å²) in [5, 5.41) is 7.35. The largest absolute Gasteiger partial charge is 0.197 e. The summed E-state index contributed by atoms with van der Waals surface area (Å²) in [6, 6.07) is 1.66. The van der Waals surface area contributed by atoms with Gasteiger partial charge in [-0.3, -0.25) is 0 Å². The average molecular weight is 181 g/mol. The normalized spacial score (nSPS) is 16.1. The lowest BCUT2D eigenvalue weighted by Gasteiger charge is -2.21. The molecule has 1 atom stereocenters. The molecule has 0 spiro atoms. The van der Waals surface area contributed by atoms with Crippen molar-refractivity contribution in [1.82, 2.24) is 0 Å². The van der Waals surface area contributed by atoms with Crippen molar-refractivity contribution in [3.63, 3.8) is 0 Å². The minimum atomic E-state index is -3.67. The van der Waals surface area contributed by atoms with Crippen LogP contribution in [0.5, 0.6) is 0 Å².